The van der Waals surface area contributed by atoms with Crippen molar-refractivity contribution < 1.29 is 9.52 Å². The van der Waals surface area contributed by atoms with Crippen molar-refractivity contribution in [1.29, 1.82) is 0 Å². The summed E-state index contributed by atoms with van der Waals surface area (Å²) in [6, 6.07) is 1.17. The summed E-state index contributed by atoms with van der Waals surface area (Å²) >= 11 is 0. The van der Waals surface area contributed by atoms with Gasteiger partial charge in [0.05, 0.1) is 6.26 Å². The molecule has 5 heteroatoms. The van der Waals surface area contributed by atoms with Gasteiger partial charge in [-0.3, -0.25) is 4.79 Å². The van der Waals surface area contributed by atoms with Gasteiger partial charge in [0, 0.05) is 6.07 Å². The second kappa shape index (κ2) is 5.64. The number of aryl methyl sites for hydroxylation is 1. The van der Waals surface area contributed by atoms with Crippen molar-refractivity contribution >= 4 is 39.6 Å². The zero-order valence-electron chi connectivity index (χ0n) is 4.92. The molecule has 0 aliphatic rings. The molecule has 0 saturated carbocycles. The monoisotopic (exact) mass is 270 g/mol. The Balaban J connectivity index is 0. The summed E-state index contributed by atoms with van der Waals surface area (Å²) in [4.78, 5) is 10.5. The Hall–Kier alpha value is 0.0227. The van der Waals surface area contributed by atoms with Crippen LogP contribution in [0, 0.1) is 6.92 Å². The van der Waals surface area contributed by atoms with Crippen molar-refractivity contribution in [1.82, 2.24) is 0 Å². The predicted molar refractivity (Wildman–Crippen MR) is 51.3 cm³/mol. The van der Waals surface area contributed by atoms with E-state index in [2.05, 4.69) is 4.42 Å². The van der Waals surface area contributed by atoms with Gasteiger partial charge in [-0.1, -0.05) is 0 Å². The molecule has 60 valence electrons. The number of hydrogen-bond acceptors (Lipinski definition) is 3. The fraction of sp³-hybridized carbons (Fsp3) is 0.167. The van der Waals surface area contributed by atoms with Crippen molar-refractivity contribution in [2.45, 2.75) is 6.92 Å². The van der Waals surface area contributed by atoms with E-state index in [0.717, 1.165) is 0 Å². The van der Waals surface area contributed by atoms with Crippen LogP contribution in [0.3, 0.4) is 0 Å². The van der Waals surface area contributed by atoms with Crippen molar-refractivity contribution in [3.63, 3.8) is 0 Å². The molecule has 0 radical (unpaired) electrons. The number of aromatic hydroxyl groups is 1. The SMILES string of the molecule is Cc1occc(=O)c1O.[GaH3].[GaH3]. The Bertz CT molecular complexity index is 269. The van der Waals surface area contributed by atoms with Crippen LogP contribution in [0.1, 0.15) is 5.76 Å². The Morgan fingerprint density at radius 1 is 1.45 bits per heavy atom. The van der Waals surface area contributed by atoms with Crippen molar-refractivity contribution in [3.05, 3.63) is 28.3 Å². The van der Waals surface area contributed by atoms with E-state index in [1.807, 2.05) is 0 Å². The molecule has 1 heterocycles. The molecule has 0 bridgehead atoms. The Kier molecular flexibility index (Phi) is 6.98. The van der Waals surface area contributed by atoms with Gasteiger partial charge in [-0.05, 0) is 6.92 Å². The normalized spacial score (nSPS) is 7.73. The van der Waals surface area contributed by atoms with Crippen LogP contribution in [0.4, 0.5) is 0 Å². The first kappa shape index (κ1) is 13.6. The zero-order valence-corrected chi connectivity index (χ0v) is 4.92. The van der Waals surface area contributed by atoms with E-state index >= 15 is 0 Å². The number of hydrogen-bond donors (Lipinski definition) is 1. The fourth-order valence-corrected chi connectivity index (χ4v) is 0.506. The second-order valence-corrected chi connectivity index (χ2v) is 1.69. The van der Waals surface area contributed by atoms with Crippen LogP contribution in [0.5, 0.6) is 5.75 Å². The van der Waals surface area contributed by atoms with Gasteiger partial charge in [0.1, 0.15) is 5.76 Å². The van der Waals surface area contributed by atoms with Gasteiger partial charge in [0.2, 0.25) is 11.2 Å². The van der Waals surface area contributed by atoms with Crippen LogP contribution in [0.25, 0.3) is 0 Å². The molecular formula is C6H12Ga2O3. The van der Waals surface area contributed by atoms with Crippen LogP contribution in [-0.4, -0.2) is 44.7 Å². The Labute approximate surface area is 89.9 Å². The minimum absolute atomic E-state index is 0. The first-order valence-corrected chi connectivity index (χ1v) is 2.49. The van der Waals surface area contributed by atoms with Gasteiger partial charge in [-0.15, -0.1) is 0 Å². The average Bonchev–Trinajstić information content (AvgIpc) is 1.83. The molecule has 1 aromatic rings. The Morgan fingerprint density at radius 3 is 2.36 bits per heavy atom. The minimum atomic E-state index is -0.404. The summed E-state index contributed by atoms with van der Waals surface area (Å²) in [5, 5.41) is 8.80. The van der Waals surface area contributed by atoms with Gasteiger partial charge in [-0.2, -0.15) is 0 Å². The van der Waals surface area contributed by atoms with E-state index in [9.17, 15) is 4.79 Å². The maximum absolute atomic E-state index is 10.5. The van der Waals surface area contributed by atoms with Gasteiger partial charge >= 0.3 is 39.6 Å². The third kappa shape index (κ3) is 3.28. The molecular weight excluding hydrogens is 260 g/mol. The quantitative estimate of drug-likeness (QED) is 0.572. The molecule has 0 spiro atoms. The van der Waals surface area contributed by atoms with Crippen LogP contribution >= 0.6 is 0 Å². The molecule has 0 fully saturated rings. The third-order valence-corrected chi connectivity index (χ3v) is 1.03. The molecule has 0 aliphatic carbocycles. The molecule has 1 aromatic heterocycles. The third-order valence-electron chi connectivity index (χ3n) is 1.03. The standard InChI is InChI=1S/C6H6O3.2Ga.6H/c1-4-6(8)5(7)2-3-9-4;;;;;;;;/h2-3,8H,1H3;;;;;;;;. The average molecular weight is 272 g/mol. The zero-order chi connectivity index (χ0) is 6.85. The van der Waals surface area contributed by atoms with Crippen molar-refractivity contribution in [3.8, 4) is 5.75 Å². The molecule has 0 aromatic carbocycles. The van der Waals surface area contributed by atoms with E-state index < -0.39 is 5.43 Å². The van der Waals surface area contributed by atoms with Gasteiger partial charge in [0.15, 0.2) is 0 Å². The molecule has 0 amide bonds. The fourth-order valence-electron chi connectivity index (χ4n) is 0.506. The van der Waals surface area contributed by atoms with Gasteiger partial charge < -0.3 is 9.52 Å². The molecule has 1 rings (SSSR count). The first-order valence-electron chi connectivity index (χ1n) is 2.49. The van der Waals surface area contributed by atoms with E-state index in [-0.39, 0.29) is 51.1 Å². The van der Waals surface area contributed by atoms with Crippen molar-refractivity contribution in [2.75, 3.05) is 0 Å². The van der Waals surface area contributed by atoms with Crippen LogP contribution in [0.15, 0.2) is 21.5 Å². The molecule has 0 atom stereocenters. The van der Waals surface area contributed by atoms with Crippen LogP contribution in [0.2, 0.25) is 0 Å². The van der Waals surface area contributed by atoms with E-state index in [0.29, 0.717) is 0 Å². The Morgan fingerprint density at radius 2 is 2.00 bits per heavy atom. The summed E-state index contributed by atoms with van der Waals surface area (Å²) in [7, 11) is 0. The molecule has 3 nitrogen and oxygen atoms in total. The molecule has 0 saturated heterocycles. The second-order valence-electron chi connectivity index (χ2n) is 1.69. The summed E-state index contributed by atoms with van der Waals surface area (Å²) < 4.78 is 4.69. The first-order chi connectivity index (χ1) is 4.22. The molecule has 0 unspecified atom stereocenters. The maximum atomic E-state index is 10.5. The predicted octanol–water partition coefficient (Wildman–Crippen LogP) is -1.71. The molecule has 11 heavy (non-hydrogen) atoms. The molecule has 0 aliphatic heterocycles. The van der Waals surface area contributed by atoms with E-state index in [1.54, 1.807) is 0 Å². The van der Waals surface area contributed by atoms with E-state index in [4.69, 9.17) is 5.11 Å². The topological polar surface area (TPSA) is 50.4 Å². The number of rotatable bonds is 0. The summed E-state index contributed by atoms with van der Waals surface area (Å²) in [5.41, 5.74) is -0.404. The van der Waals surface area contributed by atoms with E-state index in [1.165, 1.54) is 19.3 Å². The van der Waals surface area contributed by atoms with Crippen molar-refractivity contribution in [2.24, 2.45) is 0 Å². The van der Waals surface area contributed by atoms with Gasteiger partial charge in [-0.25, -0.2) is 0 Å². The van der Waals surface area contributed by atoms with Gasteiger partial charge in [0.25, 0.3) is 0 Å². The summed E-state index contributed by atoms with van der Waals surface area (Å²) in [6.07, 6.45) is 1.25. The van der Waals surface area contributed by atoms with Crippen LogP contribution in [-0.2, 0) is 0 Å². The summed E-state index contributed by atoms with van der Waals surface area (Å²) in [6.45, 7) is 1.52. The molecule has 1 N–H and O–H groups in total. The summed E-state index contributed by atoms with van der Waals surface area (Å²) in [5.74, 6) is -0.0556. The van der Waals surface area contributed by atoms with Crippen LogP contribution < -0.4 is 5.43 Å².